The molecule has 0 radical (unpaired) electrons. The van der Waals surface area contributed by atoms with Crippen molar-refractivity contribution in [1.29, 1.82) is 0 Å². The van der Waals surface area contributed by atoms with Crippen molar-refractivity contribution in [3.05, 3.63) is 65.7 Å². The minimum Gasteiger partial charge on any atom is -0.311 e. The van der Waals surface area contributed by atoms with Gasteiger partial charge in [-0.25, -0.2) is 8.42 Å². The molecule has 0 amide bonds. The van der Waals surface area contributed by atoms with Gasteiger partial charge in [-0.2, -0.15) is 4.72 Å². The second-order valence-corrected chi connectivity index (χ2v) is 6.04. The Morgan fingerprint density at radius 2 is 1.58 bits per heavy atom. The summed E-state index contributed by atoms with van der Waals surface area (Å²) >= 11 is 0. The van der Waals surface area contributed by atoms with Crippen LogP contribution < -0.4 is 10.5 Å². The number of hydrogen-bond donors (Lipinski definition) is 2. The second kappa shape index (κ2) is 5.52. The first-order valence-electron chi connectivity index (χ1n) is 5.88. The van der Waals surface area contributed by atoms with Crippen molar-refractivity contribution in [1.82, 2.24) is 4.72 Å². The van der Waals surface area contributed by atoms with Gasteiger partial charge in [0.25, 0.3) is 0 Å². The lowest BCUT2D eigenvalue weighted by atomic mass is 10.2. The molecule has 2 rings (SSSR count). The minimum absolute atomic E-state index is 0.212. The van der Waals surface area contributed by atoms with Crippen molar-refractivity contribution in [3.8, 4) is 0 Å². The first-order chi connectivity index (χ1) is 8.99. The van der Waals surface area contributed by atoms with E-state index in [0.29, 0.717) is 0 Å². The molecule has 0 spiro atoms. The van der Waals surface area contributed by atoms with Crippen LogP contribution >= 0.6 is 0 Å². The molecule has 4 nitrogen and oxygen atoms in total. The molecule has 0 fully saturated rings. The molecule has 100 valence electrons. The van der Waals surface area contributed by atoms with Crippen molar-refractivity contribution in [3.63, 3.8) is 0 Å². The zero-order valence-corrected chi connectivity index (χ0v) is 11.4. The summed E-state index contributed by atoms with van der Waals surface area (Å²) in [7, 11) is -3.60. The first-order valence-corrected chi connectivity index (χ1v) is 7.37. The second-order valence-electron chi connectivity index (χ2n) is 4.32. The third kappa shape index (κ3) is 3.41. The molecular formula is C14H16N2O2S. The quantitative estimate of drug-likeness (QED) is 0.838. The van der Waals surface area contributed by atoms with E-state index in [0.717, 1.165) is 11.1 Å². The molecule has 0 saturated heterocycles. The van der Waals surface area contributed by atoms with Crippen LogP contribution in [0.5, 0.6) is 0 Å². The zero-order valence-electron chi connectivity index (χ0n) is 10.6. The first kappa shape index (κ1) is 13.7. The Morgan fingerprint density at radius 3 is 2.16 bits per heavy atom. The fourth-order valence-electron chi connectivity index (χ4n) is 1.68. The fraction of sp³-hybridized carbons (Fsp3) is 0.143. The molecule has 5 heteroatoms. The van der Waals surface area contributed by atoms with E-state index in [1.165, 1.54) is 0 Å². The standard InChI is InChI=1S/C14H16N2O2S/c1-11-7-9-13(10-8-11)19(17,18)16-14(15)12-5-3-2-4-6-12/h2-10,14,16H,15H2,1H3/t14-/m0/s1. The number of nitrogens with one attached hydrogen (secondary N) is 1. The van der Waals surface area contributed by atoms with Gasteiger partial charge in [-0.05, 0) is 24.6 Å². The maximum Gasteiger partial charge on any atom is 0.242 e. The van der Waals surface area contributed by atoms with Gasteiger partial charge in [-0.3, -0.25) is 0 Å². The molecular weight excluding hydrogens is 260 g/mol. The van der Waals surface area contributed by atoms with Gasteiger partial charge < -0.3 is 5.73 Å². The predicted molar refractivity (Wildman–Crippen MR) is 74.9 cm³/mol. The van der Waals surface area contributed by atoms with Crippen LogP contribution in [0.2, 0.25) is 0 Å². The highest BCUT2D eigenvalue weighted by molar-refractivity contribution is 7.89. The van der Waals surface area contributed by atoms with E-state index < -0.39 is 16.2 Å². The summed E-state index contributed by atoms with van der Waals surface area (Å²) in [5.41, 5.74) is 7.58. The van der Waals surface area contributed by atoms with Gasteiger partial charge in [-0.15, -0.1) is 0 Å². The van der Waals surface area contributed by atoms with Crippen LogP contribution in [-0.2, 0) is 10.0 Å². The molecule has 0 aromatic heterocycles. The number of benzene rings is 2. The fourth-order valence-corrected chi connectivity index (χ4v) is 2.78. The average molecular weight is 276 g/mol. The molecule has 0 aliphatic rings. The van der Waals surface area contributed by atoms with Gasteiger partial charge in [0.2, 0.25) is 10.0 Å². The van der Waals surface area contributed by atoms with E-state index in [2.05, 4.69) is 4.72 Å². The highest BCUT2D eigenvalue weighted by Crippen LogP contribution is 2.14. The van der Waals surface area contributed by atoms with E-state index in [9.17, 15) is 8.42 Å². The highest BCUT2D eigenvalue weighted by Gasteiger charge is 2.18. The van der Waals surface area contributed by atoms with E-state index in [-0.39, 0.29) is 4.90 Å². The molecule has 2 aromatic carbocycles. The van der Waals surface area contributed by atoms with Crippen LogP contribution in [0, 0.1) is 6.92 Å². The maximum absolute atomic E-state index is 12.1. The molecule has 19 heavy (non-hydrogen) atoms. The van der Waals surface area contributed by atoms with Crippen LogP contribution in [0.25, 0.3) is 0 Å². The summed E-state index contributed by atoms with van der Waals surface area (Å²) < 4.78 is 26.7. The molecule has 0 aliphatic carbocycles. The van der Waals surface area contributed by atoms with Crippen LogP contribution in [0.3, 0.4) is 0 Å². The minimum atomic E-state index is -3.60. The topological polar surface area (TPSA) is 72.2 Å². The predicted octanol–water partition coefficient (Wildman–Crippen LogP) is 1.93. The third-order valence-corrected chi connectivity index (χ3v) is 4.23. The van der Waals surface area contributed by atoms with E-state index in [1.807, 2.05) is 25.1 Å². The Morgan fingerprint density at radius 1 is 1.00 bits per heavy atom. The summed E-state index contributed by atoms with van der Waals surface area (Å²) in [6, 6.07) is 15.7. The largest absolute Gasteiger partial charge is 0.311 e. The Bertz CT molecular complexity index is 637. The zero-order chi connectivity index (χ0) is 13.9. The Kier molecular flexibility index (Phi) is 3.99. The SMILES string of the molecule is Cc1ccc(S(=O)(=O)N[C@H](N)c2ccccc2)cc1. The van der Waals surface area contributed by atoms with Gasteiger partial charge in [-0.1, -0.05) is 48.0 Å². The van der Waals surface area contributed by atoms with Crippen LogP contribution in [0.1, 0.15) is 17.3 Å². The number of nitrogens with two attached hydrogens (primary N) is 1. The monoisotopic (exact) mass is 276 g/mol. The van der Waals surface area contributed by atoms with Crippen molar-refractivity contribution >= 4 is 10.0 Å². The van der Waals surface area contributed by atoms with Gasteiger partial charge >= 0.3 is 0 Å². The average Bonchev–Trinajstić information content (AvgIpc) is 2.40. The Balaban J connectivity index is 2.20. The summed E-state index contributed by atoms with van der Waals surface area (Å²) in [6.07, 6.45) is -0.757. The van der Waals surface area contributed by atoms with Crippen molar-refractivity contribution in [2.45, 2.75) is 18.0 Å². The van der Waals surface area contributed by atoms with Gasteiger partial charge in [0.1, 0.15) is 0 Å². The molecule has 0 saturated carbocycles. The van der Waals surface area contributed by atoms with E-state index >= 15 is 0 Å². The number of aryl methyl sites for hydroxylation is 1. The summed E-state index contributed by atoms with van der Waals surface area (Å²) in [5, 5.41) is 0. The molecule has 0 aliphatic heterocycles. The number of rotatable bonds is 4. The van der Waals surface area contributed by atoms with E-state index in [4.69, 9.17) is 5.73 Å². The van der Waals surface area contributed by atoms with Gasteiger partial charge in [0.15, 0.2) is 0 Å². The molecule has 0 heterocycles. The Hall–Kier alpha value is -1.69. The lowest BCUT2D eigenvalue weighted by Crippen LogP contribution is -2.34. The molecule has 3 N–H and O–H groups in total. The molecule has 0 bridgehead atoms. The molecule has 2 aromatic rings. The van der Waals surface area contributed by atoms with Crippen molar-refractivity contribution in [2.75, 3.05) is 0 Å². The van der Waals surface area contributed by atoms with Crippen molar-refractivity contribution < 1.29 is 8.42 Å². The van der Waals surface area contributed by atoms with Gasteiger partial charge in [0, 0.05) is 0 Å². The lowest BCUT2D eigenvalue weighted by Gasteiger charge is -2.14. The summed E-state index contributed by atoms with van der Waals surface area (Å²) in [4.78, 5) is 0.212. The molecule has 1 atom stereocenters. The third-order valence-electron chi connectivity index (χ3n) is 2.77. The van der Waals surface area contributed by atoms with Crippen LogP contribution in [0.15, 0.2) is 59.5 Å². The Labute approximate surface area is 113 Å². The molecule has 0 unspecified atom stereocenters. The number of hydrogen-bond acceptors (Lipinski definition) is 3. The number of sulfonamides is 1. The van der Waals surface area contributed by atoms with Crippen LogP contribution in [-0.4, -0.2) is 8.42 Å². The van der Waals surface area contributed by atoms with Crippen LogP contribution in [0.4, 0.5) is 0 Å². The lowest BCUT2D eigenvalue weighted by molar-refractivity contribution is 0.561. The highest BCUT2D eigenvalue weighted by atomic mass is 32.2. The normalized spacial score (nSPS) is 13.2. The van der Waals surface area contributed by atoms with Crippen molar-refractivity contribution in [2.24, 2.45) is 5.73 Å². The smallest absolute Gasteiger partial charge is 0.242 e. The summed E-state index contributed by atoms with van der Waals surface area (Å²) in [6.45, 7) is 1.90. The maximum atomic E-state index is 12.1. The van der Waals surface area contributed by atoms with E-state index in [1.54, 1.807) is 36.4 Å². The van der Waals surface area contributed by atoms with Gasteiger partial charge in [0.05, 0.1) is 11.1 Å². The summed E-state index contributed by atoms with van der Waals surface area (Å²) in [5.74, 6) is 0.